The number of Topliss-reactive ketones (excluding diaryl/α,β-unsaturated/α-hetero) is 1. The lowest BCUT2D eigenvalue weighted by molar-refractivity contribution is -0.314. The quantitative estimate of drug-likeness (QED) is 0.225. The van der Waals surface area contributed by atoms with Crippen molar-refractivity contribution in [3.63, 3.8) is 0 Å². The third-order valence-electron chi connectivity index (χ3n) is 15.1. The van der Waals surface area contributed by atoms with Gasteiger partial charge in [-0.25, -0.2) is 4.98 Å². The number of rotatable bonds is 11. The lowest BCUT2D eigenvalue weighted by Crippen LogP contribution is -2.59. The van der Waals surface area contributed by atoms with Gasteiger partial charge >= 0.3 is 5.97 Å². The molecule has 0 radical (unpaired) electrons. The highest BCUT2D eigenvalue weighted by Crippen LogP contribution is 2.63. The molecule has 1 saturated carbocycles. The number of likely N-dealkylation sites (N-methyl/N-ethyl adjacent to an activating group) is 1. The number of carbonyl (C=O) groups is 3. The fourth-order valence-corrected chi connectivity index (χ4v) is 13.1. The second kappa shape index (κ2) is 20.4. The lowest BCUT2D eigenvalue weighted by atomic mass is 9.67. The summed E-state index contributed by atoms with van der Waals surface area (Å²) in [7, 11) is 9.07. The third kappa shape index (κ3) is 9.53. The second-order valence-corrected chi connectivity index (χ2v) is 20.1. The van der Waals surface area contributed by atoms with Crippen molar-refractivity contribution in [2.24, 2.45) is 23.7 Å². The number of hydrogen-bond donors (Lipinski definition) is 1. The summed E-state index contributed by atoms with van der Waals surface area (Å²) >= 11 is 1.48. The number of thiazole rings is 1. The fourth-order valence-electron chi connectivity index (χ4n) is 11.9. The van der Waals surface area contributed by atoms with Gasteiger partial charge in [0, 0.05) is 61.5 Å². The molecule has 352 valence electrons. The van der Waals surface area contributed by atoms with Gasteiger partial charge in [0.15, 0.2) is 23.5 Å². The van der Waals surface area contributed by atoms with E-state index >= 15 is 4.79 Å². The van der Waals surface area contributed by atoms with Gasteiger partial charge in [-0.3, -0.25) is 19.7 Å². The van der Waals surface area contributed by atoms with Crippen molar-refractivity contribution in [3.8, 4) is 0 Å². The van der Waals surface area contributed by atoms with Crippen LogP contribution in [0, 0.1) is 23.7 Å². The van der Waals surface area contributed by atoms with E-state index in [0.717, 1.165) is 29.8 Å². The molecule has 64 heavy (non-hydrogen) atoms. The molecule has 3 aliphatic heterocycles. The van der Waals surface area contributed by atoms with E-state index in [0.29, 0.717) is 54.4 Å². The Balaban J connectivity index is 1.13. The van der Waals surface area contributed by atoms with E-state index in [1.165, 1.54) is 11.3 Å². The molecule has 0 bridgehead atoms. The smallest absolute Gasteiger partial charge is 0.306 e. The van der Waals surface area contributed by atoms with E-state index in [1.54, 1.807) is 33.5 Å². The number of allylic oxidation sites excluding steroid dienone is 2. The Morgan fingerprint density at radius 2 is 1.64 bits per heavy atom. The van der Waals surface area contributed by atoms with Gasteiger partial charge in [-0.15, -0.1) is 11.3 Å². The molecule has 3 saturated heterocycles. The molecule has 4 heterocycles. The number of nitrogens with zero attached hydrogens (tertiary/aromatic N) is 2. The Hall–Kier alpha value is -3.12. The predicted octanol–water partition coefficient (Wildman–Crippen LogP) is 7.28. The van der Waals surface area contributed by atoms with E-state index in [2.05, 4.69) is 37.3 Å². The Bertz CT molecular complexity index is 1980. The molecule has 6 aliphatic rings. The van der Waals surface area contributed by atoms with Crippen molar-refractivity contribution in [1.82, 2.24) is 9.88 Å². The zero-order valence-electron chi connectivity index (χ0n) is 38.9. The zero-order valence-corrected chi connectivity index (χ0v) is 39.8. The van der Waals surface area contributed by atoms with Gasteiger partial charge in [0.1, 0.15) is 24.4 Å². The van der Waals surface area contributed by atoms with Crippen LogP contribution in [-0.4, -0.2) is 130 Å². The van der Waals surface area contributed by atoms with Crippen molar-refractivity contribution >= 4 is 34.1 Å². The molecule has 14 nitrogen and oxygen atoms in total. The first-order chi connectivity index (χ1) is 30.8. The van der Waals surface area contributed by atoms with E-state index < -0.39 is 36.6 Å². The van der Waals surface area contributed by atoms with Crippen LogP contribution in [0.5, 0.6) is 0 Å². The van der Waals surface area contributed by atoms with Gasteiger partial charge in [-0.2, -0.15) is 0 Å². The average molecular weight is 908 g/mol. The van der Waals surface area contributed by atoms with Gasteiger partial charge in [0.05, 0.1) is 36.5 Å². The van der Waals surface area contributed by atoms with Crippen LogP contribution < -0.4 is 5.32 Å². The summed E-state index contributed by atoms with van der Waals surface area (Å²) in [5.74, 6) is -1.88. The lowest BCUT2D eigenvalue weighted by Gasteiger charge is -2.44. The highest BCUT2D eigenvalue weighted by Gasteiger charge is 2.57. The number of anilines is 1. The molecule has 15 heteroatoms. The monoisotopic (exact) mass is 907 g/mol. The van der Waals surface area contributed by atoms with Gasteiger partial charge in [-0.05, 0) is 109 Å². The van der Waals surface area contributed by atoms with E-state index in [-0.39, 0.29) is 84.4 Å². The molecule has 1 N–H and O–H groups in total. The molecule has 1 aromatic heterocycles. The van der Waals surface area contributed by atoms with Crippen LogP contribution in [0.25, 0.3) is 0 Å². The number of hydrogen-bond acceptors (Lipinski definition) is 14. The normalized spacial score (nSPS) is 39.1. The Kier molecular flexibility index (Phi) is 15.1. The molecule has 0 spiro atoms. The first kappa shape index (κ1) is 47.4. The number of cyclic esters (lactones) is 1. The molecule has 1 amide bonds. The fraction of sp³-hybridized carbons (Fsp3) is 0.714. The summed E-state index contributed by atoms with van der Waals surface area (Å²) in [5, 5.41) is 3.57. The summed E-state index contributed by atoms with van der Waals surface area (Å²) in [6.07, 6.45) is 4.43. The zero-order chi connectivity index (χ0) is 45.4. The molecule has 3 aliphatic carbocycles. The summed E-state index contributed by atoms with van der Waals surface area (Å²) in [6.45, 7) is 8.07. The maximum absolute atomic E-state index is 15.2. The standard InChI is InChI=1S/C49H69N3O11S/c1-10-29-17-14-18-37(63-39-20-19-36(52(5)6)26(3)59-39)25(2)42(54)34-23-32-31-21-30(62-48-45(58-9)44(57-8)43(56-7)27(4)60-48)22-35(31)46-41(40(32)33(34)24-38(53)61-29)50-49(64-46)51-47(55)28-15-12-11-13-16-28/h11-13,15-16,23,25-27,29-33,35-37,39-40,43-45,48H,10,14,17-22,24H2,1-9H3,(H,50,51,55)/t25-,26?,27?,29+,30+,31+,32+,33-,35-,36+,37+,39+,40-,43+,44?,45?,48+/m1/s1. The maximum atomic E-state index is 15.2. The van der Waals surface area contributed by atoms with Crippen LogP contribution >= 0.6 is 11.3 Å². The first-order valence-corrected chi connectivity index (χ1v) is 24.3. The topological polar surface area (TPSA) is 153 Å². The largest absolute Gasteiger partial charge is 0.462 e. The maximum Gasteiger partial charge on any atom is 0.306 e. The number of fused-ring (bicyclic) bond motifs is 8. The minimum Gasteiger partial charge on any atom is -0.462 e. The molecule has 2 aromatic rings. The SMILES string of the molecule is CC[C@H]1CCC[C@H](O[C@H]2CC[C@H](N(C)C)C(C)O2)[C@@H](C)C(=O)C2=C[C@H]3[C@@H]4C[C@H](O[C@@H]5OC(C)[C@H](OC)C(OC)C5OC)C[C@H]4c4sc(NC(=O)c5ccccc5)nc4[C@H]3[C@@H]2CC(=O)O1. The summed E-state index contributed by atoms with van der Waals surface area (Å²) in [6, 6.07) is 9.38. The molecule has 17 atom stereocenters. The Morgan fingerprint density at radius 1 is 0.891 bits per heavy atom. The summed E-state index contributed by atoms with van der Waals surface area (Å²) in [4.78, 5) is 51.3. The van der Waals surface area contributed by atoms with Crippen molar-refractivity contribution in [2.75, 3.05) is 40.7 Å². The highest BCUT2D eigenvalue weighted by molar-refractivity contribution is 7.16. The number of carbonyl (C=O) groups excluding carboxylic acids is 3. The average Bonchev–Trinajstić information content (AvgIpc) is 4.00. The Labute approximate surface area is 382 Å². The van der Waals surface area contributed by atoms with Crippen molar-refractivity contribution in [2.45, 2.75) is 165 Å². The van der Waals surface area contributed by atoms with E-state index in [4.69, 9.17) is 42.9 Å². The Morgan fingerprint density at radius 3 is 2.33 bits per heavy atom. The van der Waals surface area contributed by atoms with Crippen molar-refractivity contribution in [3.05, 3.63) is 58.1 Å². The summed E-state index contributed by atoms with van der Waals surface area (Å²) < 4.78 is 50.4. The van der Waals surface area contributed by atoms with Crippen molar-refractivity contribution in [1.29, 1.82) is 0 Å². The van der Waals surface area contributed by atoms with Gasteiger partial charge in [0.2, 0.25) is 0 Å². The van der Waals surface area contributed by atoms with Crippen LogP contribution in [0.1, 0.15) is 118 Å². The summed E-state index contributed by atoms with van der Waals surface area (Å²) in [5.41, 5.74) is 2.00. The first-order valence-electron chi connectivity index (χ1n) is 23.5. The van der Waals surface area contributed by atoms with Crippen LogP contribution in [0.15, 0.2) is 42.0 Å². The number of benzene rings is 1. The molecule has 4 fully saturated rings. The molecule has 1 aromatic carbocycles. The number of methoxy groups -OCH3 is 3. The minimum absolute atomic E-state index is 0.0117. The number of nitrogens with one attached hydrogen (secondary N) is 1. The third-order valence-corrected chi connectivity index (χ3v) is 16.3. The minimum atomic E-state index is -0.707. The van der Waals surface area contributed by atoms with Gasteiger partial charge < -0.3 is 42.8 Å². The predicted molar refractivity (Wildman–Crippen MR) is 240 cm³/mol. The number of ketones is 1. The molecule has 4 unspecified atom stereocenters. The number of aromatic nitrogens is 1. The van der Waals surface area contributed by atoms with Crippen molar-refractivity contribution < 1.29 is 52.3 Å². The highest BCUT2D eigenvalue weighted by atomic mass is 32.1. The van der Waals surface area contributed by atoms with Crippen LogP contribution in [0.2, 0.25) is 0 Å². The van der Waals surface area contributed by atoms with Crippen LogP contribution in [0.4, 0.5) is 5.13 Å². The van der Waals surface area contributed by atoms with E-state index in [9.17, 15) is 9.59 Å². The molecule has 8 rings (SSSR count). The van der Waals surface area contributed by atoms with Crippen LogP contribution in [-0.2, 0) is 47.5 Å². The van der Waals surface area contributed by atoms with E-state index in [1.807, 2.05) is 39.0 Å². The number of amides is 1. The molecular formula is C49H69N3O11S. The second-order valence-electron chi connectivity index (χ2n) is 19.1. The van der Waals surface area contributed by atoms with Gasteiger partial charge in [0.25, 0.3) is 5.91 Å². The molecular weight excluding hydrogens is 839 g/mol. The van der Waals surface area contributed by atoms with Crippen LogP contribution in [0.3, 0.4) is 0 Å². The number of ether oxygens (including phenoxy) is 8. The number of esters is 1. The van der Waals surface area contributed by atoms with Gasteiger partial charge in [-0.1, -0.05) is 38.1 Å².